The Labute approximate surface area is 113 Å². The van der Waals surface area contributed by atoms with Gasteiger partial charge < -0.3 is 4.74 Å². The zero-order chi connectivity index (χ0) is 12.8. The molecule has 0 unspecified atom stereocenters. The number of halogens is 1. The monoisotopic (exact) mass is 318 g/mol. The minimum Gasteiger partial charge on any atom is -0.381 e. The van der Waals surface area contributed by atoms with Crippen LogP contribution in [0.25, 0.3) is 0 Å². The largest absolute Gasteiger partial charge is 0.381 e. The number of aryl methyl sites for hydroxylation is 1. The minimum absolute atomic E-state index is 0.138. The first-order valence-electron chi connectivity index (χ1n) is 5.37. The Morgan fingerprint density at radius 1 is 1.41 bits per heavy atom. The van der Waals surface area contributed by atoms with Crippen molar-refractivity contribution >= 4 is 38.8 Å². The summed E-state index contributed by atoms with van der Waals surface area (Å²) in [6.07, 6.45) is 1.25. The Balaban J connectivity index is 0.000000181. The van der Waals surface area contributed by atoms with Crippen molar-refractivity contribution in [2.24, 2.45) is 0 Å². The first kappa shape index (κ1) is 14.5. The Kier molecular flexibility index (Phi) is 6.02. The van der Waals surface area contributed by atoms with Crippen LogP contribution in [-0.4, -0.2) is 24.8 Å². The van der Waals surface area contributed by atoms with E-state index in [2.05, 4.69) is 15.9 Å². The molecule has 1 aliphatic heterocycles. The molecule has 17 heavy (non-hydrogen) atoms. The summed E-state index contributed by atoms with van der Waals surface area (Å²) in [5, 5.41) is 0. The molecule has 2 heterocycles. The molecule has 1 saturated heterocycles. The molecule has 1 fully saturated rings. The molecule has 1 aromatic heterocycles. The van der Waals surface area contributed by atoms with Gasteiger partial charge in [0.25, 0.3) is 0 Å². The molecule has 0 spiro atoms. The van der Waals surface area contributed by atoms with Crippen molar-refractivity contribution in [1.82, 2.24) is 0 Å². The van der Waals surface area contributed by atoms with Crippen LogP contribution < -0.4 is 0 Å². The molecule has 0 saturated carbocycles. The van der Waals surface area contributed by atoms with Crippen molar-refractivity contribution in [2.45, 2.75) is 26.7 Å². The fourth-order valence-corrected chi connectivity index (χ4v) is 2.66. The van der Waals surface area contributed by atoms with E-state index in [-0.39, 0.29) is 5.78 Å². The molecule has 0 radical (unpaired) electrons. The van der Waals surface area contributed by atoms with Crippen molar-refractivity contribution < 1.29 is 14.3 Å². The van der Waals surface area contributed by atoms with Gasteiger partial charge in [-0.05, 0) is 35.8 Å². The number of carbonyl (C=O) groups is 2. The van der Waals surface area contributed by atoms with E-state index in [4.69, 9.17) is 4.74 Å². The van der Waals surface area contributed by atoms with E-state index in [0.717, 1.165) is 14.2 Å². The van der Waals surface area contributed by atoms with Gasteiger partial charge in [-0.15, -0.1) is 11.3 Å². The van der Waals surface area contributed by atoms with Crippen LogP contribution in [0.3, 0.4) is 0 Å². The highest BCUT2D eigenvalue weighted by molar-refractivity contribution is 9.10. The van der Waals surface area contributed by atoms with E-state index >= 15 is 0 Å². The van der Waals surface area contributed by atoms with Crippen LogP contribution in [0.4, 0.5) is 0 Å². The van der Waals surface area contributed by atoms with Crippen LogP contribution in [0.5, 0.6) is 0 Å². The highest BCUT2D eigenvalue weighted by Crippen LogP contribution is 2.26. The lowest BCUT2D eigenvalue weighted by molar-refractivity contribution is -0.124. The first-order chi connectivity index (χ1) is 8.00. The second-order valence-corrected chi connectivity index (χ2v) is 5.83. The standard InChI is InChI=1S/C7H7BrOS.C5H8O2/c1-4(9)7-3-6(8)5(2)10-7;6-5-1-3-7-4-2-5/h3H,1-2H3;1-4H2. The molecular formula is C12H15BrO3S. The van der Waals surface area contributed by atoms with Gasteiger partial charge in [-0.1, -0.05) is 0 Å². The molecule has 2 rings (SSSR count). The summed E-state index contributed by atoms with van der Waals surface area (Å²) >= 11 is 4.87. The molecule has 0 aliphatic carbocycles. The van der Waals surface area contributed by atoms with E-state index in [0.29, 0.717) is 31.8 Å². The average molecular weight is 319 g/mol. The highest BCUT2D eigenvalue weighted by Gasteiger charge is 2.06. The summed E-state index contributed by atoms with van der Waals surface area (Å²) in [6.45, 7) is 4.84. The highest BCUT2D eigenvalue weighted by atomic mass is 79.9. The second kappa shape index (κ2) is 7.03. The topological polar surface area (TPSA) is 43.4 Å². The molecule has 0 amide bonds. The summed E-state index contributed by atoms with van der Waals surface area (Å²) in [7, 11) is 0. The number of hydrogen-bond acceptors (Lipinski definition) is 4. The van der Waals surface area contributed by atoms with Gasteiger partial charge in [0, 0.05) is 22.2 Å². The Morgan fingerprint density at radius 3 is 2.24 bits per heavy atom. The zero-order valence-electron chi connectivity index (χ0n) is 9.92. The van der Waals surface area contributed by atoms with E-state index in [1.54, 1.807) is 6.92 Å². The maximum atomic E-state index is 10.8. The predicted octanol–water partition coefficient (Wildman–Crippen LogP) is 3.39. The molecule has 5 heteroatoms. The molecule has 3 nitrogen and oxygen atoms in total. The Hall–Kier alpha value is -0.520. The van der Waals surface area contributed by atoms with Crippen molar-refractivity contribution in [3.05, 3.63) is 20.3 Å². The van der Waals surface area contributed by atoms with Gasteiger partial charge in [0.05, 0.1) is 18.1 Å². The molecule has 0 atom stereocenters. The van der Waals surface area contributed by atoms with Crippen LogP contribution in [0.2, 0.25) is 0 Å². The lowest BCUT2D eigenvalue weighted by Gasteiger charge is -2.07. The predicted molar refractivity (Wildman–Crippen MR) is 71.8 cm³/mol. The fraction of sp³-hybridized carbons (Fsp3) is 0.500. The summed E-state index contributed by atoms with van der Waals surface area (Å²) in [5.74, 6) is 0.477. The minimum atomic E-state index is 0.138. The van der Waals surface area contributed by atoms with Crippen LogP contribution >= 0.6 is 27.3 Å². The van der Waals surface area contributed by atoms with Crippen LogP contribution in [-0.2, 0) is 9.53 Å². The molecule has 1 aromatic rings. The van der Waals surface area contributed by atoms with Crippen LogP contribution in [0.15, 0.2) is 10.5 Å². The Bertz CT molecular complexity index is 384. The smallest absolute Gasteiger partial charge is 0.169 e. The normalized spacial score (nSPS) is 15.1. The summed E-state index contributed by atoms with van der Waals surface area (Å²) in [6, 6.07) is 1.86. The SMILES string of the molecule is CC(=O)c1cc(Br)c(C)s1.O=C1CCOCC1. The number of thiophene rings is 1. The number of ether oxygens (including phenoxy) is 1. The number of rotatable bonds is 1. The van der Waals surface area contributed by atoms with Crippen LogP contribution in [0.1, 0.15) is 34.3 Å². The third kappa shape index (κ3) is 5.10. The molecule has 0 bridgehead atoms. The van der Waals surface area contributed by atoms with Gasteiger partial charge in [0.15, 0.2) is 5.78 Å². The molecule has 1 aliphatic rings. The van der Waals surface area contributed by atoms with Gasteiger partial charge in [-0.2, -0.15) is 0 Å². The van der Waals surface area contributed by atoms with E-state index < -0.39 is 0 Å². The molecule has 94 valence electrons. The maximum absolute atomic E-state index is 10.8. The molecular weight excluding hydrogens is 304 g/mol. The van der Waals surface area contributed by atoms with Gasteiger partial charge in [-0.25, -0.2) is 0 Å². The fourth-order valence-electron chi connectivity index (χ4n) is 1.23. The van der Waals surface area contributed by atoms with Gasteiger partial charge in [0.2, 0.25) is 0 Å². The summed E-state index contributed by atoms with van der Waals surface area (Å²) in [5.41, 5.74) is 0. The van der Waals surface area contributed by atoms with Crippen molar-refractivity contribution in [1.29, 1.82) is 0 Å². The number of hydrogen-bond donors (Lipinski definition) is 0. The van der Waals surface area contributed by atoms with Gasteiger partial charge in [-0.3, -0.25) is 9.59 Å². The number of ketones is 2. The molecule has 0 aromatic carbocycles. The van der Waals surface area contributed by atoms with E-state index in [1.165, 1.54) is 11.3 Å². The lowest BCUT2D eigenvalue weighted by Crippen LogP contribution is -2.14. The van der Waals surface area contributed by atoms with Crippen LogP contribution in [0, 0.1) is 6.92 Å². The quantitative estimate of drug-likeness (QED) is 0.745. The third-order valence-corrected chi connectivity index (χ3v) is 4.49. The zero-order valence-corrected chi connectivity index (χ0v) is 12.3. The maximum Gasteiger partial charge on any atom is 0.169 e. The average Bonchev–Trinajstić information content (AvgIpc) is 2.61. The van der Waals surface area contributed by atoms with Gasteiger partial charge >= 0.3 is 0 Å². The van der Waals surface area contributed by atoms with E-state index in [9.17, 15) is 9.59 Å². The Morgan fingerprint density at radius 2 is 2.00 bits per heavy atom. The van der Waals surface area contributed by atoms with Crippen molar-refractivity contribution in [3.63, 3.8) is 0 Å². The first-order valence-corrected chi connectivity index (χ1v) is 6.98. The van der Waals surface area contributed by atoms with Crippen molar-refractivity contribution in [3.8, 4) is 0 Å². The summed E-state index contributed by atoms with van der Waals surface area (Å²) < 4.78 is 5.95. The number of carbonyl (C=O) groups excluding carboxylic acids is 2. The van der Waals surface area contributed by atoms with Crippen molar-refractivity contribution in [2.75, 3.05) is 13.2 Å². The molecule has 0 N–H and O–H groups in total. The third-order valence-electron chi connectivity index (χ3n) is 2.25. The summed E-state index contributed by atoms with van der Waals surface area (Å²) in [4.78, 5) is 23.2. The van der Waals surface area contributed by atoms with Gasteiger partial charge in [0.1, 0.15) is 5.78 Å². The lowest BCUT2D eigenvalue weighted by atomic mass is 10.2. The number of Topliss-reactive ketones (excluding diaryl/α,β-unsaturated/α-hetero) is 2. The second-order valence-electron chi connectivity index (χ2n) is 3.72. The van der Waals surface area contributed by atoms with E-state index in [1.807, 2.05) is 13.0 Å².